The van der Waals surface area contributed by atoms with Gasteiger partial charge in [0.25, 0.3) is 0 Å². The van der Waals surface area contributed by atoms with E-state index < -0.39 is 5.97 Å². The van der Waals surface area contributed by atoms with Gasteiger partial charge in [0.15, 0.2) is 0 Å². The lowest BCUT2D eigenvalue weighted by Gasteiger charge is -2.03. The molecule has 0 aliphatic rings. The highest BCUT2D eigenvalue weighted by molar-refractivity contribution is 5.71. The van der Waals surface area contributed by atoms with Crippen LogP contribution in [0.25, 0.3) is 17.2 Å². The molecule has 0 spiro atoms. The first-order valence-electron chi connectivity index (χ1n) is 6.20. The first-order valence-corrected chi connectivity index (χ1v) is 6.20. The average molecular weight is 252 g/mol. The molecule has 2 nitrogen and oxygen atoms in total. The van der Waals surface area contributed by atoms with Crippen molar-refractivity contribution in [3.8, 4) is 11.1 Å². The van der Waals surface area contributed by atoms with Crippen LogP contribution in [0.2, 0.25) is 0 Å². The quantitative estimate of drug-likeness (QED) is 0.887. The zero-order valence-corrected chi connectivity index (χ0v) is 10.8. The lowest BCUT2D eigenvalue weighted by molar-refractivity contribution is -0.135. The molecule has 2 heteroatoms. The van der Waals surface area contributed by atoms with E-state index in [2.05, 4.69) is 37.3 Å². The van der Waals surface area contributed by atoms with Crippen LogP contribution in [-0.2, 0) is 4.79 Å². The van der Waals surface area contributed by atoms with E-state index >= 15 is 0 Å². The Hall–Kier alpha value is -2.35. The van der Waals surface area contributed by atoms with Crippen molar-refractivity contribution in [2.24, 2.45) is 0 Å². The first kappa shape index (κ1) is 13.1. The van der Waals surface area contributed by atoms with Crippen molar-refractivity contribution in [3.63, 3.8) is 0 Å². The summed E-state index contributed by atoms with van der Waals surface area (Å²) in [4.78, 5) is 10.4. The lowest BCUT2D eigenvalue weighted by Crippen LogP contribution is -1.89. The highest BCUT2D eigenvalue weighted by Crippen LogP contribution is 2.21. The molecule has 0 aliphatic heterocycles. The molecule has 0 heterocycles. The molecule has 2 rings (SSSR count). The Bertz CT molecular complexity index is 595. The van der Waals surface area contributed by atoms with Crippen molar-refractivity contribution in [1.82, 2.24) is 0 Å². The van der Waals surface area contributed by atoms with Gasteiger partial charge in [0.2, 0.25) is 0 Å². The van der Waals surface area contributed by atoms with E-state index in [9.17, 15) is 4.79 Å². The molecule has 0 saturated carbocycles. The molecule has 0 amide bonds. The van der Waals surface area contributed by atoms with Gasteiger partial charge >= 0.3 is 5.97 Å². The van der Waals surface area contributed by atoms with E-state index in [0.717, 1.165) is 5.56 Å². The van der Waals surface area contributed by atoms with Gasteiger partial charge in [-0.3, -0.25) is 4.79 Å². The van der Waals surface area contributed by atoms with Crippen LogP contribution in [0.15, 0.2) is 54.6 Å². The SMILES string of the molecule is Cc1cccc(-c2ccc(/C=C/CC(=O)O)cc2)c1. The summed E-state index contributed by atoms with van der Waals surface area (Å²) in [7, 11) is 0. The Morgan fingerprint density at radius 1 is 1.11 bits per heavy atom. The second-order valence-electron chi connectivity index (χ2n) is 4.49. The molecule has 1 N–H and O–H groups in total. The predicted molar refractivity (Wildman–Crippen MR) is 77.9 cm³/mol. The third-order valence-corrected chi connectivity index (χ3v) is 2.86. The highest BCUT2D eigenvalue weighted by atomic mass is 16.4. The van der Waals surface area contributed by atoms with Crippen LogP contribution in [0.3, 0.4) is 0 Å². The average Bonchev–Trinajstić information content (AvgIpc) is 2.39. The summed E-state index contributed by atoms with van der Waals surface area (Å²) < 4.78 is 0. The Morgan fingerprint density at radius 2 is 1.84 bits per heavy atom. The van der Waals surface area contributed by atoms with Gasteiger partial charge in [-0.15, -0.1) is 0 Å². The summed E-state index contributed by atoms with van der Waals surface area (Å²) in [6, 6.07) is 16.5. The standard InChI is InChI=1S/C17H16O2/c1-13-4-2-6-16(12-13)15-10-8-14(9-11-15)5-3-7-17(18)19/h2-6,8-12H,7H2,1H3,(H,18,19)/b5-3+. The van der Waals surface area contributed by atoms with Crippen molar-refractivity contribution in [2.45, 2.75) is 13.3 Å². The van der Waals surface area contributed by atoms with Crippen molar-refractivity contribution < 1.29 is 9.90 Å². The van der Waals surface area contributed by atoms with Gasteiger partial charge in [0, 0.05) is 0 Å². The first-order chi connectivity index (χ1) is 9.15. The lowest BCUT2D eigenvalue weighted by atomic mass is 10.0. The Kier molecular flexibility index (Phi) is 4.14. The van der Waals surface area contributed by atoms with Crippen molar-refractivity contribution in [3.05, 3.63) is 65.7 Å². The topological polar surface area (TPSA) is 37.3 Å². The highest BCUT2D eigenvalue weighted by Gasteiger charge is 1.97. The number of carboxylic acids is 1. The zero-order valence-electron chi connectivity index (χ0n) is 10.8. The number of carboxylic acid groups (broad SMARTS) is 1. The van der Waals surface area contributed by atoms with Crippen LogP contribution >= 0.6 is 0 Å². The fraction of sp³-hybridized carbons (Fsp3) is 0.118. The van der Waals surface area contributed by atoms with Crippen LogP contribution in [0, 0.1) is 6.92 Å². The largest absolute Gasteiger partial charge is 0.481 e. The molecule has 96 valence electrons. The van der Waals surface area contributed by atoms with E-state index in [0.29, 0.717) is 0 Å². The fourth-order valence-corrected chi connectivity index (χ4v) is 1.91. The second-order valence-corrected chi connectivity index (χ2v) is 4.49. The fourth-order valence-electron chi connectivity index (χ4n) is 1.91. The third kappa shape index (κ3) is 3.81. The van der Waals surface area contributed by atoms with Crippen LogP contribution in [0.5, 0.6) is 0 Å². The Labute approximate surface area is 113 Å². The van der Waals surface area contributed by atoms with E-state index in [1.807, 2.05) is 24.3 Å². The molecule has 0 fully saturated rings. The number of hydrogen-bond acceptors (Lipinski definition) is 1. The number of aryl methyl sites for hydroxylation is 1. The normalized spacial score (nSPS) is 10.8. The number of carbonyl (C=O) groups is 1. The van der Waals surface area contributed by atoms with Gasteiger partial charge in [-0.25, -0.2) is 0 Å². The molecule has 2 aromatic rings. The molecule has 19 heavy (non-hydrogen) atoms. The summed E-state index contributed by atoms with van der Waals surface area (Å²) in [6.07, 6.45) is 3.54. The molecular weight excluding hydrogens is 236 g/mol. The summed E-state index contributed by atoms with van der Waals surface area (Å²) in [5.74, 6) is -0.812. The molecular formula is C17H16O2. The minimum atomic E-state index is -0.812. The monoisotopic (exact) mass is 252 g/mol. The molecule has 0 atom stereocenters. The van der Waals surface area contributed by atoms with Crippen molar-refractivity contribution in [1.29, 1.82) is 0 Å². The van der Waals surface area contributed by atoms with Gasteiger partial charge in [-0.2, -0.15) is 0 Å². The molecule has 0 radical (unpaired) electrons. The molecule has 0 unspecified atom stereocenters. The maximum absolute atomic E-state index is 10.4. The minimum Gasteiger partial charge on any atom is -0.481 e. The summed E-state index contributed by atoms with van der Waals surface area (Å²) >= 11 is 0. The molecule has 0 aliphatic carbocycles. The molecule has 2 aromatic carbocycles. The third-order valence-electron chi connectivity index (χ3n) is 2.86. The summed E-state index contributed by atoms with van der Waals surface area (Å²) in [6.45, 7) is 2.08. The zero-order chi connectivity index (χ0) is 13.7. The van der Waals surface area contributed by atoms with E-state index in [4.69, 9.17) is 5.11 Å². The molecule has 0 saturated heterocycles. The van der Waals surface area contributed by atoms with Gasteiger partial charge < -0.3 is 5.11 Å². The number of aliphatic carboxylic acids is 1. The molecule has 0 aromatic heterocycles. The predicted octanol–water partition coefficient (Wildman–Crippen LogP) is 4.15. The maximum atomic E-state index is 10.4. The van der Waals surface area contributed by atoms with Crippen molar-refractivity contribution >= 4 is 12.0 Å². The van der Waals surface area contributed by atoms with Gasteiger partial charge in [0.1, 0.15) is 0 Å². The number of hydrogen-bond donors (Lipinski definition) is 1. The number of rotatable bonds is 4. The van der Waals surface area contributed by atoms with Crippen molar-refractivity contribution in [2.75, 3.05) is 0 Å². The van der Waals surface area contributed by atoms with Crippen LogP contribution in [-0.4, -0.2) is 11.1 Å². The summed E-state index contributed by atoms with van der Waals surface area (Å²) in [5, 5.41) is 8.56. The summed E-state index contributed by atoms with van der Waals surface area (Å²) in [5.41, 5.74) is 4.61. The Morgan fingerprint density at radius 3 is 2.47 bits per heavy atom. The van der Waals surface area contributed by atoms with E-state index in [1.54, 1.807) is 6.08 Å². The van der Waals surface area contributed by atoms with E-state index in [-0.39, 0.29) is 6.42 Å². The molecule has 0 bridgehead atoms. The van der Waals surface area contributed by atoms with E-state index in [1.165, 1.54) is 16.7 Å². The van der Waals surface area contributed by atoms with Gasteiger partial charge in [-0.1, -0.05) is 66.2 Å². The maximum Gasteiger partial charge on any atom is 0.307 e. The van der Waals surface area contributed by atoms with Crippen LogP contribution in [0.1, 0.15) is 17.5 Å². The van der Waals surface area contributed by atoms with Gasteiger partial charge in [0.05, 0.1) is 6.42 Å². The van der Waals surface area contributed by atoms with Crippen LogP contribution < -0.4 is 0 Å². The second kappa shape index (κ2) is 6.01. The Balaban J connectivity index is 2.14. The number of benzene rings is 2. The minimum absolute atomic E-state index is 0.0552. The van der Waals surface area contributed by atoms with Crippen LogP contribution in [0.4, 0.5) is 0 Å². The smallest absolute Gasteiger partial charge is 0.307 e. The van der Waals surface area contributed by atoms with Gasteiger partial charge in [-0.05, 0) is 23.6 Å².